The highest BCUT2D eigenvalue weighted by Crippen LogP contribution is 2.20. The molecule has 0 aromatic carbocycles. The number of hydrogen-bond donors (Lipinski definition) is 4. The van der Waals surface area contributed by atoms with Crippen LogP contribution in [0.25, 0.3) is 0 Å². The molecule has 39 heavy (non-hydrogen) atoms. The summed E-state index contributed by atoms with van der Waals surface area (Å²) in [5, 5.41) is 21.7. The van der Waals surface area contributed by atoms with Crippen molar-refractivity contribution < 1.29 is 43.6 Å². The number of esters is 1. The van der Waals surface area contributed by atoms with Crippen LogP contribution in [0.1, 0.15) is 110 Å². The Hall–Kier alpha value is -2.56. The second kappa shape index (κ2) is 17.9. The first-order valence-electron chi connectivity index (χ1n) is 13.3. The second-order valence-electron chi connectivity index (χ2n) is 12.9. The molecule has 0 spiro atoms. The van der Waals surface area contributed by atoms with Crippen LogP contribution in [0.2, 0.25) is 0 Å². The number of hydrogen-bond acceptors (Lipinski definition) is 8. The van der Waals surface area contributed by atoms with E-state index in [-0.39, 0.29) is 10.8 Å². The van der Waals surface area contributed by atoms with E-state index in [0.717, 1.165) is 12.8 Å². The van der Waals surface area contributed by atoms with Crippen molar-refractivity contribution in [3.05, 3.63) is 0 Å². The Bertz CT molecular complexity index is 745. The average molecular weight is 565 g/mol. The van der Waals surface area contributed by atoms with Crippen molar-refractivity contribution in [1.82, 2.24) is 10.6 Å². The van der Waals surface area contributed by atoms with Gasteiger partial charge in [0.25, 0.3) is 0 Å². The third-order valence-corrected chi connectivity index (χ3v) is 5.14. The Labute approximate surface area is 235 Å². The Kier molecular flexibility index (Phi) is 18.8. The van der Waals surface area contributed by atoms with Gasteiger partial charge in [0.1, 0.15) is 23.3 Å². The molecule has 4 N–H and O–H groups in total. The summed E-state index contributed by atoms with van der Waals surface area (Å²) < 4.78 is 15.1. The van der Waals surface area contributed by atoms with E-state index in [4.69, 9.17) is 24.4 Å². The van der Waals surface area contributed by atoms with Gasteiger partial charge in [0.15, 0.2) is 0 Å². The summed E-state index contributed by atoms with van der Waals surface area (Å²) in [5.74, 6) is -1.54. The average Bonchev–Trinajstić information content (AvgIpc) is 2.75. The monoisotopic (exact) mass is 564 g/mol. The van der Waals surface area contributed by atoms with Crippen LogP contribution in [-0.2, 0) is 23.8 Å². The van der Waals surface area contributed by atoms with E-state index in [9.17, 15) is 19.2 Å². The lowest BCUT2D eigenvalue weighted by Gasteiger charge is -2.24. The van der Waals surface area contributed by atoms with Crippen molar-refractivity contribution in [2.24, 2.45) is 10.8 Å². The normalized spacial score (nSPS) is 13.2. The number of carboxylic acids is 1. The van der Waals surface area contributed by atoms with Gasteiger partial charge < -0.3 is 35.1 Å². The molecule has 0 saturated carbocycles. The van der Waals surface area contributed by atoms with Gasteiger partial charge in [-0.3, -0.25) is 4.79 Å². The zero-order valence-electron chi connectivity index (χ0n) is 26.7. The number of aliphatic carboxylic acids is 1. The molecular formula is C28H56N2O9. The lowest BCUT2D eigenvalue weighted by molar-refractivity contribution is -0.148. The Morgan fingerprint density at radius 3 is 1.31 bits per heavy atom. The minimum absolute atomic E-state index is 0.0543. The van der Waals surface area contributed by atoms with E-state index in [1.54, 1.807) is 48.5 Å². The molecule has 0 radical (unpaired) electrons. The molecule has 0 aliphatic rings. The van der Waals surface area contributed by atoms with E-state index in [0.29, 0.717) is 13.2 Å². The largest absolute Gasteiger partial charge is 0.480 e. The predicted molar refractivity (Wildman–Crippen MR) is 151 cm³/mol. The number of aliphatic hydroxyl groups is 1. The van der Waals surface area contributed by atoms with Crippen molar-refractivity contribution >= 4 is 24.1 Å². The predicted octanol–water partition coefficient (Wildman–Crippen LogP) is 5.28. The fraction of sp³-hybridized carbons (Fsp3) is 0.857. The fourth-order valence-corrected chi connectivity index (χ4v) is 1.69. The molecule has 11 heteroatoms. The first-order chi connectivity index (χ1) is 17.3. The SMILES string of the molecule is CCC(C)(C)CO.CCC(C)(C)COC(=O)[C@H](C)NC(=O)OC(C)(C)C.C[C@H](NC(=O)OC(C)(C)C)C(=O)O. The van der Waals surface area contributed by atoms with Gasteiger partial charge in [0.2, 0.25) is 0 Å². The topological polar surface area (TPSA) is 160 Å². The van der Waals surface area contributed by atoms with Gasteiger partial charge >= 0.3 is 24.1 Å². The van der Waals surface area contributed by atoms with E-state index >= 15 is 0 Å². The molecule has 0 aromatic rings. The van der Waals surface area contributed by atoms with Crippen molar-refractivity contribution in [3.8, 4) is 0 Å². The molecule has 0 rings (SSSR count). The molecule has 0 fully saturated rings. The minimum atomic E-state index is -1.09. The Morgan fingerprint density at radius 2 is 1.05 bits per heavy atom. The maximum atomic E-state index is 11.7. The Balaban J connectivity index is -0.000000558. The van der Waals surface area contributed by atoms with Gasteiger partial charge in [-0.05, 0) is 79.1 Å². The lowest BCUT2D eigenvalue weighted by Crippen LogP contribution is -2.43. The van der Waals surface area contributed by atoms with Gasteiger partial charge in [-0.25, -0.2) is 14.4 Å². The van der Waals surface area contributed by atoms with Gasteiger partial charge in [-0.1, -0.05) is 41.5 Å². The maximum Gasteiger partial charge on any atom is 0.408 e. The number of alkyl carbamates (subject to hydrolysis) is 2. The molecule has 232 valence electrons. The highest BCUT2D eigenvalue weighted by molar-refractivity contribution is 5.81. The number of rotatable bonds is 9. The molecule has 0 heterocycles. The number of carbonyl (C=O) groups excluding carboxylic acids is 3. The van der Waals surface area contributed by atoms with Gasteiger partial charge in [-0.15, -0.1) is 0 Å². The minimum Gasteiger partial charge on any atom is -0.480 e. The summed E-state index contributed by atoms with van der Waals surface area (Å²) in [5.41, 5.74) is -1.11. The summed E-state index contributed by atoms with van der Waals surface area (Å²) in [6.07, 6.45) is 0.617. The second-order valence-corrected chi connectivity index (χ2v) is 12.9. The molecule has 2 amide bonds. The first kappa shape index (κ1) is 40.9. The summed E-state index contributed by atoms with van der Waals surface area (Å²) in [6, 6.07) is -1.66. The molecule has 0 saturated heterocycles. The zero-order valence-corrected chi connectivity index (χ0v) is 26.7. The zero-order chi connectivity index (χ0) is 31.8. The summed E-state index contributed by atoms with van der Waals surface area (Å²) in [4.78, 5) is 44.5. The van der Waals surface area contributed by atoms with Gasteiger partial charge in [0, 0.05) is 6.61 Å². The molecule has 0 aliphatic carbocycles. The highest BCUT2D eigenvalue weighted by Gasteiger charge is 2.24. The van der Waals surface area contributed by atoms with Gasteiger partial charge in [0.05, 0.1) is 6.61 Å². The van der Waals surface area contributed by atoms with E-state index in [1.807, 2.05) is 34.6 Å². The van der Waals surface area contributed by atoms with Crippen LogP contribution in [0, 0.1) is 10.8 Å². The van der Waals surface area contributed by atoms with Crippen molar-refractivity contribution in [1.29, 1.82) is 0 Å². The van der Waals surface area contributed by atoms with Crippen LogP contribution >= 0.6 is 0 Å². The van der Waals surface area contributed by atoms with Crippen LogP contribution in [0.3, 0.4) is 0 Å². The summed E-state index contributed by atoms with van der Waals surface area (Å²) >= 11 is 0. The Morgan fingerprint density at radius 1 is 0.692 bits per heavy atom. The van der Waals surface area contributed by atoms with Crippen LogP contribution < -0.4 is 10.6 Å². The van der Waals surface area contributed by atoms with Crippen molar-refractivity contribution in [2.75, 3.05) is 13.2 Å². The molecule has 0 bridgehead atoms. The quantitative estimate of drug-likeness (QED) is 0.216. The summed E-state index contributed by atoms with van der Waals surface area (Å²) in [7, 11) is 0. The molecule has 0 aliphatic heterocycles. The smallest absolute Gasteiger partial charge is 0.408 e. The standard InChI is InChI=1S/C14H27NO4.C8H15NO4.C6H14O/c1-8-14(6,7)9-18-11(16)10(2)15-12(17)19-13(3,4)5;1-5(6(10)11)9-7(12)13-8(2,3)4;1-4-6(2,3)5-7/h10H,8-9H2,1-7H3,(H,15,17);5H,1-4H3,(H,9,12)(H,10,11);7H,4-5H2,1-3H3/t10-;5-;/m00./s1. The van der Waals surface area contributed by atoms with Gasteiger partial charge in [-0.2, -0.15) is 0 Å². The van der Waals surface area contributed by atoms with Crippen LogP contribution in [0.5, 0.6) is 0 Å². The van der Waals surface area contributed by atoms with Crippen LogP contribution in [0.4, 0.5) is 9.59 Å². The highest BCUT2D eigenvalue weighted by atomic mass is 16.6. The third kappa shape index (κ3) is 26.8. The number of carbonyl (C=O) groups is 4. The number of carboxylic acid groups (broad SMARTS) is 1. The number of nitrogens with one attached hydrogen (secondary N) is 2. The lowest BCUT2D eigenvalue weighted by atomic mass is 9.92. The van der Waals surface area contributed by atoms with E-state index in [2.05, 4.69) is 17.6 Å². The number of ether oxygens (including phenoxy) is 3. The molecule has 0 unspecified atom stereocenters. The van der Waals surface area contributed by atoms with Crippen molar-refractivity contribution in [3.63, 3.8) is 0 Å². The number of aliphatic hydroxyl groups excluding tert-OH is 1. The van der Waals surface area contributed by atoms with Crippen LogP contribution in [0.15, 0.2) is 0 Å². The molecule has 2 atom stereocenters. The van der Waals surface area contributed by atoms with Crippen molar-refractivity contribution in [2.45, 2.75) is 133 Å². The fourth-order valence-electron chi connectivity index (χ4n) is 1.69. The summed E-state index contributed by atoms with van der Waals surface area (Å²) in [6.45, 7) is 26.2. The third-order valence-electron chi connectivity index (χ3n) is 5.14. The maximum absolute atomic E-state index is 11.7. The number of amides is 2. The van der Waals surface area contributed by atoms with E-state index in [1.165, 1.54) is 6.92 Å². The first-order valence-corrected chi connectivity index (χ1v) is 13.3. The molecular weight excluding hydrogens is 508 g/mol. The molecule has 0 aromatic heterocycles. The van der Waals surface area contributed by atoms with E-state index < -0.39 is 47.4 Å². The molecule has 11 nitrogen and oxygen atoms in total. The van der Waals surface area contributed by atoms with Crippen LogP contribution in [-0.4, -0.2) is 70.8 Å².